The van der Waals surface area contributed by atoms with Crippen molar-refractivity contribution < 1.29 is 0 Å². The summed E-state index contributed by atoms with van der Waals surface area (Å²) in [6.07, 6.45) is 4.76. The van der Waals surface area contributed by atoms with E-state index in [0.717, 1.165) is 12.8 Å². The quantitative estimate of drug-likeness (QED) is 0.601. The van der Waals surface area contributed by atoms with E-state index in [1.165, 1.54) is 24.2 Å². The first-order valence-electron chi connectivity index (χ1n) is 7.24. The molecule has 0 aliphatic heterocycles. The van der Waals surface area contributed by atoms with Crippen LogP contribution in [0.4, 0.5) is 0 Å². The molecule has 1 aromatic rings. The number of hydrogen-bond donors (Lipinski definition) is 0. The van der Waals surface area contributed by atoms with Crippen LogP contribution in [0.15, 0.2) is 29.6 Å². The molecule has 1 unspecified atom stereocenters. The molecule has 0 radical (unpaired) electrons. The van der Waals surface area contributed by atoms with Crippen LogP contribution in [0.1, 0.15) is 50.1 Å². The number of aryl methyl sites for hydroxylation is 2. The van der Waals surface area contributed by atoms with Gasteiger partial charge in [0, 0.05) is 12.0 Å². The van der Waals surface area contributed by atoms with E-state index in [-0.39, 0.29) is 0 Å². The van der Waals surface area contributed by atoms with Crippen LogP contribution in [-0.4, -0.2) is 0 Å². The van der Waals surface area contributed by atoms with E-state index in [1.807, 2.05) is 0 Å². The molecule has 1 rings (SSSR count). The Kier molecular flexibility index (Phi) is 7.04. The summed E-state index contributed by atoms with van der Waals surface area (Å²) in [6, 6.07) is 8.91. The Labute approximate surface area is 115 Å². The van der Waals surface area contributed by atoms with E-state index in [9.17, 15) is 0 Å². The normalized spacial score (nSPS) is 11.2. The molecule has 0 spiro atoms. The molecule has 0 aliphatic carbocycles. The zero-order valence-corrected chi connectivity index (χ0v) is 13.1. The lowest BCUT2D eigenvalue weighted by atomic mass is 10.0. The minimum Gasteiger partial charge on any atom is -0.0618 e. The van der Waals surface area contributed by atoms with Crippen LogP contribution in [0.25, 0.3) is 0 Å². The third-order valence-electron chi connectivity index (χ3n) is 3.28. The maximum Gasteiger partial charge on any atom is 0.153 e. The predicted molar refractivity (Wildman–Crippen MR) is 85.0 cm³/mol. The van der Waals surface area contributed by atoms with Gasteiger partial charge in [0.1, 0.15) is 11.1 Å². The Hall–Kier alpha value is -0.820. The fourth-order valence-electron chi connectivity index (χ4n) is 2.46. The highest BCUT2D eigenvalue weighted by Gasteiger charge is 2.13. The van der Waals surface area contributed by atoms with Crippen LogP contribution < -0.4 is 0 Å². The van der Waals surface area contributed by atoms with E-state index in [4.69, 9.17) is 0 Å². The van der Waals surface area contributed by atoms with Crippen molar-refractivity contribution in [2.75, 3.05) is 0 Å². The molecule has 0 saturated heterocycles. The molecular weight excluding hydrogens is 236 g/mol. The number of rotatable bonds is 5. The second-order valence-electron chi connectivity index (χ2n) is 4.50. The average Bonchev–Trinajstić information content (AvgIpc) is 2.47. The van der Waals surface area contributed by atoms with Crippen molar-refractivity contribution in [2.45, 2.75) is 59.1 Å². The SMILES string of the molecule is CCC[s+]1cccccc(CC)c(CC)c1CC. The summed E-state index contributed by atoms with van der Waals surface area (Å²) in [5.74, 6) is 1.30. The van der Waals surface area contributed by atoms with Crippen molar-refractivity contribution in [3.8, 4) is 0 Å². The highest BCUT2D eigenvalue weighted by molar-refractivity contribution is 7.29. The van der Waals surface area contributed by atoms with Gasteiger partial charge in [0.25, 0.3) is 0 Å². The Morgan fingerprint density at radius 1 is 0.889 bits per heavy atom. The van der Waals surface area contributed by atoms with E-state index in [0.29, 0.717) is 10.5 Å². The maximum atomic E-state index is 2.42. The van der Waals surface area contributed by atoms with Crippen molar-refractivity contribution in [1.82, 2.24) is 0 Å². The van der Waals surface area contributed by atoms with Gasteiger partial charge in [-0.15, -0.1) is 0 Å². The minimum atomic E-state index is 0.333. The summed E-state index contributed by atoms with van der Waals surface area (Å²) in [5.41, 5.74) is 3.15. The van der Waals surface area contributed by atoms with Gasteiger partial charge in [-0.1, -0.05) is 45.9 Å². The van der Waals surface area contributed by atoms with Gasteiger partial charge in [0.05, 0.1) is 0 Å². The summed E-state index contributed by atoms with van der Waals surface area (Å²) in [6.45, 7) is 9.17. The van der Waals surface area contributed by atoms with Crippen molar-refractivity contribution in [3.05, 3.63) is 45.6 Å². The van der Waals surface area contributed by atoms with Crippen LogP contribution in [0.3, 0.4) is 0 Å². The minimum absolute atomic E-state index is 0.333. The maximum absolute atomic E-state index is 2.42. The Morgan fingerprint density at radius 2 is 1.67 bits per heavy atom. The van der Waals surface area contributed by atoms with Gasteiger partial charge in [-0.25, -0.2) is 0 Å². The van der Waals surface area contributed by atoms with Crippen LogP contribution in [-0.2, 0) is 25.0 Å². The van der Waals surface area contributed by atoms with Crippen molar-refractivity contribution in [3.63, 3.8) is 0 Å². The van der Waals surface area contributed by atoms with Crippen LogP contribution in [0, 0.1) is 0 Å². The fourth-order valence-corrected chi connectivity index (χ4v) is 4.69. The molecule has 0 saturated carbocycles. The van der Waals surface area contributed by atoms with Crippen molar-refractivity contribution in [2.24, 2.45) is 0 Å². The van der Waals surface area contributed by atoms with E-state index >= 15 is 0 Å². The summed E-state index contributed by atoms with van der Waals surface area (Å²) < 4.78 is 0. The lowest BCUT2D eigenvalue weighted by Gasteiger charge is -2.06. The lowest BCUT2D eigenvalue weighted by molar-refractivity contribution is 0.992. The molecule has 1 atom stereocenters. The molecular formula is C17H27S+. The molecule has 1 heterocycles. The van der Waals surface area contributed by atoms with Gasteiger partial charge in [-0.05, 0) is 41.4 Å². The van der Waals surface area contributed by atoms with Crippen LogP contribution in [0.2, 0.25) is 0 Å². The molecule has 0 N–H and O–H groups in total. The largest absolute Gasteiger partial charge is 0.153 e. The predicted octanol–water partition coefficient (Wildman–Crippen LogP) is 5.66. The first kappa shape index (κ1) is 15.2. The summed E-state index contributed by atoms with van der Waals surface area (Å²) in [4.78, 5) is 1.69. The monoisotopic (exact) mass is 263 g/mol. The molecule has 0 aromatic carbocycles. The smallest absolute Gasteiger partial charge is 0.0618 e. The molecule has 0 nitrogen and oxygen atoms in total. The summed E-state index contributed by atoms with van der Waals surface area (Å²) in [7, 11) is 0.333. The highest BCUT2D eigenvalue weighted by Crippen LogP contribution is 2.29. The van der Waals surface area contributed by atoms with Gasteiger partial charge in [0.15, 0.2) is 4.88 Å². The number of hydrogen-bond acceptors (Lipinski definition) is 0. The van der Waals surface area contributed by atoms with Gasteiger partial charge >= 0.3 is 0 Å². The molecule has 0 aliphatic rings. The van der Waals surface area contributed by atoms with E-state index < -0.39 is 0 Å². The second-order valence-corrected chi connectivity index (χ2v) is 6.53. The third kappa shape index (κ3) is 3.84. The van der Waals surface area contributed by atoms with Gasteiger partial charge in [-0.2, -0.15) is 0 Å². The second kappa shape index (κ2) is 8.31. The molecule has 1 heteroatoms. The fraction of sp³-hybridized carbons (Fsp3) is 0.529. The van der Waals surface area contributed by atoms with Crippen LogP contribution >= 0.6 is 10.5 Å². The molecule has 0 bridgehead atoms. The van der Waals surface area contributed by atoms with Crippen LogP contribution in [0.5, 0.6) is 0 Å². The summed E-state index contributed by atoms with van der Waals surface area (Å²) in [5, 5.41) is 2.42. The molecule has 18 heavy (non-hydrogen) atoms. The molecule has 1 aromatic heterocycles. The molecule has 0 amide bonds. The van der Waals surface area contributed by atoms with E-state index in [2.05, 4.69) is 57.3 Å². The van der Waals surface area contributed by atoms with E-state index in [1.54, 1.807) is 10.4 Å². The lowest BCUT2D eigenvalue weighted by Crippen LogP contribution is -1.95. The highest BCUT2D eigenvalue weighted by atomic mass is 32.2. The standard InChI is InChI=1S/C17H27S/c1-5-13-18-14-11-9-10-12-15(6-2)16(7-3)17(18)8-4/h9-12,14H,5-8,13H2,1-4H3/q+1. The summed E-state index contributed by atoms with van der Waals surface area (Å²) >= 11 is 0. The first-order chi connectivity index (χ1) is 8.78. The molecule has 0 fully saturated rings. The van der Waals surface area contributed by atoms with Gasteiger partial charge in [0.2, 0.25) is 0 Å². The third-order valence-corrected chi connectivity index (χ3v) is 5.78. The topological polar surface area (TPSA) is 0 Å². The molecule has 100 valence electrons. The Bertz CT molecular complexity index is 414. The zero-order valence-electron chi connectivity index (χ0n) is 12.3. The van der Waals surface area contributed by atoms with Gasteiger partial charge < -0.3 is 0 Å². The first-order valence-corrected chi connectivity index (χ1v) is 8.70. The average molecular weight is 263 g/mol. The van der Waals surface area contributed by atoms with Crippen molar-refractivity contribution in [1.29, 1.82) is 0 Å². The zero-order chi connectivity index (χ0) is 13.4. The van der Waals surface area contributed by atoms with Crippen molar-refractivity contribution >= 4 is 10.5 Å². The Balaban J connectivity index is 3.59. The van der Waals surface area contributed by atoms with Gasteiger partial charge in [-0.3, -0.25) is 0 Å². The Morgan fingerprint density at radius 3 is 2.22 bits per heavy atom.